The van der Waals surface area contributed by atoms with E-state index in [-0.39, 0.29) is 0 Å². The Morgan fingerprint density at radius 2 is 2.50 bits per heavy atom. The molecule has 2 nitrogen and oxygen atoms in total. The highest BCUT2D eigenvalue weighted by molar-refractivity contribution is 7.10. The lowest BCUT2D eigenvalue weighted by Gasteiger charge is -2.17. The van der Waals surface area contributed by atoms with E-state index in [2.05, 4.69) is 29.8 Å². The van der Waals surface area contributed by atoms with E-state index in [1.165, 1.54) is 43.4 Å². The van der Waals surface area contributed by atoms with E-state index in [0.717, 1.165) is 13.2 Å². The minimum absolute atomic E-state index is 0.540. The van der Waals surface area contributed by atoms with Gasteiger partial charge >= 0.3 is 0 Å². The third kappa shape index (κ3) is 4.38. The largest absolute Gasteiger partial charge is 0.378 e. The summed E-state index contributed by atoms with van der Waals surface area (Å²) in [5.74, 6) is 0. The molecule has 1 N–H and O–H groups in total. The first-order chi connectivity index (χ1) is 8.90. The van der Waals surface area contributed by atoms with Gasteiger partial charge in [-0.1, -0.05) is 19.4 Å². The monoisotopic (exact) mass is 267 g/mol. The summed E-state index contributed by atoms with van der Waals surface area (Å²) in [4.78, 5) is 1.48. The summed E-state index contributed by atoms with van der Waals surface area (Å²) in [6.07, 6.45) is 7.99. The molecule has 0 aliphatic carbocycles. The molecule has 0 spiro atoms. The van der Waals surface area contributed by atoms with Crippen molar-refractivity contribution in [2.75, 3.05) is 13.2 Å². The van der Waals surface area contributed by atoms with Crippen LogP contribution in [0, 0.1) is 0 Å². The van der Waals surface area contributed by atoms with E-state index in [1.54, 1.807) is 0 Å². The molecule has 0 amide bonds. The molecule has 2 atom stereocenters. The molecular weight excluding hydrogens is 242 g/mol. The molecule has 1 aliphatic heterocycles. The number of hydrogen-bond donors (Lipinski definition) is 1. The molecule has 2 heterocycles. The maximum atomic E-state index is 5.65. The molecule has 1 aliphatic rings. The first-order valence-electron chi connectivity index (χ1n) is 7.28. The molecular formula is C15H25NOS. The van der Waals surface area contributed by atoms with Crippen LogP contribution in [0.1, 0.15) is 56.4 Å². The van der Waals surface area contributed by atoms with E-state index in [4.69, 9.17) is 4.74 Å². The Kier molecular flexibility index (Phi) is 6.18. The Morgan fingerprint density at radius 1 is 1.56 bits per heavy atom. The molecule has 0 aromatic carbocycles. The molecule has 1 aromatic heterocycles. The zero-order valence-electron chi connectivity index (χ0n) is 11.4. The minimum Gasteiger partial charge on any atom is -0.378 e. The topological polar surface area (TPSA) is 21.3 Å². The second kappa shape index (κ2) is 7.93. The van der Waals surface area contributed by atoms with Crippen LogP contribution in [-0.4, -0.2) is 19.3 Å². The van der Waals surface area contributed by atoms with Gasteiger partial charge in [-0.15, -0.1) is 11.3 Å². The molecule has 0 bridgehead atoms. The fourth-order valence-corrected chi connectivity index (χ4v) is 3.44. The third-order valence-corrected chi connectivity index (χ3v) is 4.57. The minimum atomic E-state index is 0.540. The fraction of sp³-hybridized carbons (Fsp3) is 0.733. The zero-order valence-corrected chi connectivity index (χ0v) is 12.2. The average Bonchev–Trinajstić information content (AvgIpc) is 3.05. The van der Waals surface area contributed by atoms with Crippen molar-refractivity contribution < 1.29 is 4.74 Å². The Bertz CT molecular complexity index is 306. The van der Waals surface area contributed by atoms with Crippen molar-refractivity contribution in [3.63, 3.8) is 0 Å². The van der Waals surface area contributed by atoms with E-state index in [0.29, 0.717) is 12.1 Å². The van der Waals surface area contributed by atoms with Gasteiger partial charge in [-0.3, -0.25) is 0 Å². The van der Waals surface area contributed by atoms with Crippen molar-refractivity contribution in [3.8, 4) is 0 Å². The van der Waals surface area contributed by atoms with Gasteiger partial charge in [-0.05, 0) is 50.1 Å². The van der Waals surface area contributed by atoms with Gasteiger partial charge < -0.3 is 10.1 Å². The van der Waals surface area contributed by atoms with Gasteiger partial charge in [-0.25, -0.2) is 0 Å². The van der Waals surface area contributed by atoms with Crippen molar-refractivity contribution in [1.82, 2.24) is 5.32 Å². The normalized spacial score (nSPS) is 21.3. The summed E-state index contributed by atoms with van der Waals surface area (Å²) in [7, 11) is 0. The Hall–Kier alpha value is -0.380. The standard InChI is InChI=1S/C15H25NOS/c1-2-6-14(15-9-5-12-18-15)16-10-3-7-13-8-4-11-17-13/h5,9,12-14,16H,2-4,6-8,10-11H2,1H3. The van der Waals surface area contributed by atoms with Crippen LogP contribution in [0.5, 0.6) is 0 Å². The summed E-state index contributed by atoms with van der Waals surface area (Å²) >= 11 is 1.87. The van der Waals surface area contributed by atoms with Crippen LogP contribution >= 0.6 is 11.3 Å². The number of thiophene rings is 1. The van der Waals surface area contributed by atoms with Crippen molar-refractivity contribution in [3.05, 3.63) is 22.4 Å². The SMILES string of the molecule is CCCC(NCCCC1CCCO1)c1cccs1. The van der Waals surface area contributed by atoms with Crippen LogP contribution in [-0.2, 0) is 4.74 Å². The highest BCUT2D eigenvalue weighted by Crippen LogP contribution is 2.23. The van der Waals surface area contributed by atoms with Crippen LogP contribution in [0.2, 0.25) is 0 Å². The number of rotatable bonds is 8. The number of hydrogen-bond acceptors (Lipinski definition) is 3. The third-order valence-electron chi connectivity index (χ3n) is 3.58. The molecule has 1 fully saturated rings. The first kappa shape index (κ1) is 14.0. The predicted molar refractivity (Wildman–Crippen MR) is 78.2 cm³/mol. The van der Waals surface area contributed by atoms with Gasteiger partial charge in [0.05, 0.1) is 6.10 Å². The van der Waals surface area contributed by atoms with Crippen molar-refractivity contribution >= 4 is 11.3 Å². The second-order valence-corrected chi connectivity index (χ2v) is 6.07. The van der Waals surface area contributed by atoms with Crippen LogP contribution < -0.4 is 5.32 Å². The summed E-state index contributed by atoms with van der Waals surface area (Å²) in [6, 6.07) is 4.95. The lowest BCUT2D eigenvalue weighted by Crippen LogP contribution is -2.22. The summed E-state index contributed by atoms with van der Waals surface area (Å²) in [5, 5.41) is 5.87. The molecule has 2 rings (SSSR count). The van der Waals surface area contributed by atoms with Gasteiger partial charge in [0.1, 0.15) is 0 Å². The van der Waals surface area contributed by atoms with Crippen LogP contribution in [0.25, 0.3) is 0 Å². The number of ether oxygens (including phenoxy) is 1. The first-order valence-corrected chi connectivity index (χ1v) is 8.16. The van der Waals surface area contributed by atoms with E-state index < -0.39 is 0 Å². The maximum Gasteiger partial charge on any atom is 0.0576 e. The fourth-order valence-electron chi connectivity index (χ4n) is 2.60. The van der Waals surface area contributed by atoms with Crippen LogP contribution in [0.4, 0.5) is 0 Å². The molecule has 3 heteroatoms. The zero-order chi connectivity index (χ0) is 12.6. The summed E-state index contributed by atoms with van der Waals surface area (Å²) in [6.45, 7) is 4.35. The van der Waals surface area contributed by atoms with Crippen molar-refractivity contribution in [1.29, 1.82) is 0 Å². The quantitative estimate of drug-likeness (QED) is 0.715. The van der Waals surface area contributed by atoms with E-state index in [1.807, 2.05) is 11.3 Å². The van der Waals surface area contributed by atoms with Crippen molar-refractivity contribution in [2.24, 2.45) is 0 Å². The van der Waals surface area contributed by atoms with Gasteiger partial charge in [0.25, 0.3) is 0 Å². The molecule has 0 radical (unpaired) electrons. The highest BCUT2D eigenvalue weighted by atomic mass is 32.1. The average molecular weight is 267 g/mol. The van der Waals surface area contributed by atoms with Gasteiger partial charge in [-0.2, -0.15) is 0 Å². The van der Waals surface area contributed by atoms with Gasteiger partial charge in [0, 0.05) is 17.5 Å². The molecule has 1 aromatic rings. The molecule has 2 unspecified atom stereocenters. The maximum absolute atomic E-state index is 5.65. The lowest BCUT2D eigenvalue weighted by atomic mass is 10.1. The van der Waals surface area contributed by atoms with Crippen LogP contribution in [0.15, 0.2) is 17.5 Å². The van der Waals surface area contributed by atoms with Gasteiger partial charge in [0.15, 0.2) is 0 Å². The second-order valence-electron chi connectivity index (χ2n) is 5.09. The summed E-state index contributed by atoms with van der Waals surface area (Å²) in [5.41, 5.74) is 0. The molecule has 102 valence electrons. The van der Waals surface area contributed by atoms with E-state index >= 15 is 0 Å². The Morgan fingerprint density at radius 3 is 3.17 bits per heavy atom. The highest BCUT2D eigenvalue weighted by Gasteiger charge is 2.15. The molecule has 0 saturated carbocycles. The van der Waals surface area contributed by atoms with Gasteiger partial charge in [0.2, 0.25) is 0 Å². The molecule has 18 heavy (non-hydrogen) atoms. The van der Waals surface area contributed by atoms with E-state index in [9.17, 15) is 0 Å². The van der Waals surface area contributed by atoms with Crippen LogP contribution in [0.3, 0.4) is 0 Å². The summed E-state index contributed by atoms with van der Waals surface area (Å²) < 4.78 is 5.65. The van der Waals surface area contributed by atoms with Crippen molar-refractivity contribution in [2.45, 2.75) is 57.6 Å². The Balaban J connectivity index is 1.66. The predicted octanol–water partition coefficient (Wildman–Crippen LogP) is 4.14. The number of nitrogens with one attached hydrogen (secondary N) is 1. The molecule has 1 saturated heterocycles. The lowest BCUT2D eigenvalue weighted by molar-refractivity contribution is 0.102. The smallest absolute Gasteiger partial charge is 0.0576 e. The Labute approximate surface area is 115 Å².